The van der Waals surface area contributed by atoms with E-state index in [1.165, 1.54) is 17.2 Å². The Balaban J connectivity index is 2.79. The van der Waals surface area contributed by atoms with Crippen LogP contribution in [0.15, 0.2) is 12.1 Å². The molecule has 0 saturated carbocycles. The molecule has 0 aliphatic rings. The molecule has 1 rings (SSSR count). The Hall–Kier alpha value is -0.680. The Labute approximate surface area is 120 Å². The number of hydrogen-bond acceptors (Lipinski definition) is 4. The molecule has 7 heteroatoms. The summed E-state index contributed by atoms with van der Waals surface area (Å²) < 4.78 is 5.37. The molecule has 0 heterocycles. The van der Waals surface area contributed by atoms with Gasteiger partial charge in [-0.1, -0.05) is 34.8 Å². The zero-order valence-corrected chi connectivity index (χ0v) is 12.3. The fraction of sp³-hybridized carbons (Fsp3) is 0.364. The van der Waals surface area contributed by atoms with Gasteiger partial charge in [-0.3, -0.25) is 0 Å². The van der Waals surface area contributed by atoms with Crippen LogP contribution in [0, 0.1) is 0 Å². The molecule has 0 aliphatic carbocycles. The molecule has 1 aromatic carbocycles. The van der Waals surface area contributed by atoms with E-state index in [-0.39, 0.29) is 10.8 Å². The van der Waals surface area contributed by atoms with Gasteiger partial charge >= 0.3 is 5.97 Å². The van der Waals surface area contributed by atoms with Crippen molar-refractivity contribution in [1.29, 1.82) is 0 Å². The maximum absolute atomic E-state index is 11.5. The SMILES string of the molecule is CC(Oc1cc(Cl)c(Cl)cc1Cl)C(=O)ON(C)C. The van der Waals surface area contributed by atoms with Gasteiger partial charge in [0.15, 0.2) is 6.10 Å². The number of ether oxygens (including phenoxy) is 1. The molecule has 1 aromatic rings. The summed E-state index contributed by atoms with van der Waals surface area (Å²) in [6, 6.07) is 2.90. The number of benzene rings is 1. The fourth-order valence-corrected chi connectivity index (χ4v) is 1.67. The van der Waals surface area contributed by atoms with Gasteiger partial charge in [0.1, 0.15) is 5.75 Å². The third-order valence-corrected chi connectivity index (χ3v) is 2.90. The van der Waals surface area contributed by atoms with Crippen molar-refractivity contribution < 1.29 is 14.4 Å². The summed E-state index contributed by atoms with van der Waals surface area (Å²) in [5, 5.41) is 2.16. The van der Waals surface area contributed by atoms with Gasteiger partial charge in [0.05, 0.1) is 15.1 Å². The van der Waals surface area contributed by atoms with E-state index >= 15 is 0 Å². The van der Waals surface area contributed by atoms with Gasteiger partial charge < -0.3 is 9.57 Å². The first-order valence-electron chi connectivity index (χ1n) is 5.01. The number of nitrogens with zero attached hydrogens (tertiary/aromatic N) is 1. The first-order chi connectivity index (χ1) is 8.31. The molecular weight excluding hydrogens is 300 g/mol. The first kappa shape index (κ1) is 15.4. The molecule has 0 fully saturated rings. The molecule has 4 nitrogen and oxygen atoms in total. The maximum atomic E-state index is 11.5. The Morgan fingerprint density at radius 3 is 2.28 bits per heavy atom. The molecule has 0 amide bonds. The zero-order chi connectivity index (χ0) is 13.9. The summed E-state index contributed by atoms with van der Waals surface area (Å²) >= 11 is 17.5. The Bertz CT molecular complexity index is 451. The summed E-state index contributed by atoms with van der Waals surface area (Å²) in [4.78, 5) is 16.4. The number of hydroxylamine groups is 2. The Morgan fingerprint density at radius 1 is 1.17 bits per heavy atom. The number of carbonyl (C=O) groups is 1. The van der Waals surface area contributed by atoms with Crippen molar-refractivity contribution in [2.75, 3.05) is 14.1 Å². The molecule has 1 atom stereocenters. The quantitative estimate of drug-likeness (QED) is 0.630. The highest BCUT2D eigenvalue weighted by molar-refractivity contribution is 6.43. The van der Waals surface area contributed by atoms with Crippen molar-refractivity contribution >= 4 is 40.8 Å². The summed E-state index contributed by atoms with van der Waals surface area (Å²) in [5.41, 5.74) is 0. The van der Waals surface area contributed by atoms with Crippen molar-refractivity contribution in [3.63, 3.8) is 0 Å². The van der Waals surface area contributed by atoms with Crippen LogP contribution >= 0.6 is 34.8 Å². The van der Waals surface area contributed by atoms with Crippen molar-refractivity contribution in [3.8, 4) is 5.75 Å². The van der Waals surface area contributed by atoms with Crippen LogP contribution in [0.5, 0.6) is 5.75 Å². The summed E-state index contributed by atoms with van der Waals surface area (Å²) in [7, 11) is 3.19. The summed E-state index contributed by atoms with van der Waals surface area (Å²) in [6.07, 6.45) is -0.817. The lowest BCUT2D eigenvalue weighted by atomic mass is 10.3. The van der Waals surface area contributed by atoms with E-state index in [2.05, 4.69) is 0 Å². The van der Waals surface area contributed by atoms with Crippen molar-refractivity contribution in [2.45, 2.75) is 13.0 Å². The number of hydrogen-bond donors (Lipinski definition) is 0. The average molecular weight is 313 g/mol. The fourth-order valence-electron chi connectivity index (χ4n) is 1.09. The van der Waals surface area contributed by atoms with E-state index in [1.54, 1.807) is 21.0 Å². The van der Waals surface area contributed by atoms with Gasteiger partial charge in [-0.15, -0.1) is 5.06 Å². The largest absolute Gasteiger partial charge is 0.477 e. The van der Waals surface area contributed by atoms with Crippen molar-refractivity contribution in [2.24, 2.45) is 0 Å². The van der Waals surface area contributed by atoms with E-state index in [4.69, 9.17) is 44.4 Å². The predicted molar refractivity (Wildman–Crippen MR) is 71.3 cm³/mol. The van der Waals surface area contributed by atoms with Crippen molar-refractivity contribution in [3.05, 3.63) is 27.2 Å². The highest BCUT2D eigenvalue weighted by Gasteiger charge is 2.19. The minimum atomic E-state index is -0.817. The van der Waals surface area contributed by atoms with Crippen LogP contribution in [0.2, 0.25) is 15.1 Å². The highest BCUT2D eigenvalue weighted by Crippen LogP contribution is 2.34. The minimum Gasteiger partial charge on any atom is -0.477 e. The monoisotopic (exact) mass is 311 g/mol. The molecule has 0 aliphatic heterocycles. The smallest absolute Gasteiger partial charge is 0.365 e. The van der Waals surface area contributed by atoms with Gasteiger partial charge in [0.25, 0.3) is 0 Å². The summed E-state index contributed by atoms with van der Waals surface area (Å²) in [5.74, 6) is -0.267. The van der Waals surface area contributed by atoms with Crippen LogP contribution < -0.4 is 4.74 Å². The third kappa shape index (κ3) is 4.21. The van der Waals surface area contributed by atoms with Crippen LogP contribution in [-0.2, 0) is 9.63 Å². The Kier molecular flexibility index (Phi) is 5.53. The Morgan fingerprint density at radius 2 is 1.72 bits per heavy atom. The second-order valence-corrected chi connectivity index (χ2v) is 4.90. The lowest BCUT2D eigenvalue weighted by Crippen LogP contribution is -2.30. The highest BCUT2D eigenvalue weighted by atomic mass is 35.5. The summed E-state index contributed by atoms with van der Waals surface area (Å²) in [6.45, 7) is 1.55. The van der Waals surface area contributed by atoms with Crippen LogP contribution in [0.25, 0.3) is 0 Å². The normalized spacial score (nSPS) is 12.4. The molecule has 0 bridgehead atoms. The van der Waals surface area contributed by atoms with Gasteiger partial charge in [-0.25, -0.2) is 4.79 Å². The van der Waals surface area contributed by atoms with E-state index in [1.807, 2.05) is 0 Å². The van der Waals surface area contributed by atoms with E-state index in [0.29, 0.717) is 10.0 Å². The number of halogens is 3. The predicted octanol–water partition coefficient (Wildman–Crippen LogP) is 3.43. The molecule has 0 radical (unpaired) electrons. The second kappa shape index (κ2) is 6.48. The number of rotatable bonds is 4. The van der Waals surface area contributed by atoms with Crippen LogP contribution in [0.4, 0.5) is 0 Å². The molecule has 0 saturated heterocycles. The molecule has 18 heavy (non-hydrogen) atoms. The van der Waals surface area contributed by atoms with E-state index in [9.17, 15) is 4.79 Å². The second-order valence-electron chi connectivity index (χ2n) is 3.68. The topological polar surface area (TPSA) is 38.8 Å². The molecular formula is C11H12Cl3NO3. The lowest BCUT2D eigenvalue weighted by molar-refractivity contribution is -0.185. The molecule has 1 unspecified atom stereocenters. The lowest BCUT2D eigenvalue weighted by Gasteiger charge is -2.17. The average Bonchev–Trinajstić information content (AvgIpc) is 2.24. The minimum absolute atomic E-state index is 0.272. The first-order valence-corrected chi connectivity index (χ1v) is 6.15. The maximum Gasteiger partial charge on any atom is 0.365 e. The number of carbonyl (C=O) groups excluding carboxylic acids is 1. The zero-order valence-electron chi connectivity index (χ0n) is 10.0. The van der Waals surface area contributed by atoms with Crippen molar-refractivity contribution in [1.82, 2.24) is 5.06 Å². The van der Waals surface area contributed by atoms with E-state index < -0.39 is 12.1 Å². The standard InChI is InChI=1S/C11H12Cl3NO3/c1-6(11(16)18-15(2)3)17-10-5-8(13)7(12)4-9(10)14/h4-6H,1-3H3. The molecule has 0 spiro atoms. The third-order valence-electron chi connectivity index (χ3n) is 1.88. The van der Waals surface area contributed by atoms with Gasteiger partial charge in [0.2, 0.25) is 0 Å². The molecule has 0 aromatic heterocycles. The van der Waals surface area contributed by atoms with Crippen LogP contribution in [0.3, 0.4) is 0 Å². The molecule has 100 valence electrons. The van der Waals surface area contributed by atoms with Gasteiger partial charge in [0, 0.05) is 20.2 Å². The van der Waals surface area contributed by atoms with Gasteiger partial charge in [-0.2, -0.15) is 0 Å². The van der Waals surface area contributed by atoms with Crippen LogP contribution in [-0.4, -0.2) is 31.2 Å². The van der Waals surface area contributed by atoms with Gasteiger partial charge in [-0.05, 0) is 13.0 Å². The van der Waals surface area contributed by atoms with Crippen LogP contribution in [0.1, 0.15) is 6.92 Å². The molecule has 0 N–H and O–H groups in total. The van der Waals surface area contributed by atoms with E-state index in [0.717, 1.165) is 0 Å².